The Morgan fingerprint density at radius 2 is 1.71 bits per heavy atom. The Morgan fingerprint density at radius 3 is 2.29 bits per heavy atom. The minimum atomic E-state index is -0.215. The first-order chi connectivity index (χ1) is 6.66. The quantitative estimate of drug-likeness (QED) is 0.636. The number of aryl methyl sites for hydroxylation is 1. The van der Waals surface area contributed by atoms with Crippen molar-refractivity contribution >= 4 is 23.3 Å². The van der Waals surface area contributed by atoms with Gasteiger partial charge in [0.05, 0.1) is 11.0 Å². The average molecular weight is 216 g/mol. The van der Waals surface area contributed by atoms with Crippen molar-refractivity contribution in [1.82, 2.24) is 9.97 Å². The Hall–Kier alpha value is -1.16. The van der Waals surface area contributed by atoms with Gasteiger partial charge >= 0.3 is 0 Å². The number of imidazole rings is 1. The molecule has 0 aliphatic carbocycles. The Kier molecular flexibility index (Phi) is 3.41. The van der Waals surface area contributed by atoms with E-state index in [1.807, 2.05) is 13.8 Å². The largest absolute Gasteiger partial charge is 0.331 e. The molecule has 2 N–H and O–H groups in total. The summed E-state index contributed by atoms with van der Waals surface area (Å²) in [6.07, 6.45) is 0. The van der Waals surface area contributed by atoms with Crippen LogP contribution in [0.5, 0.6) is 0 Å². The summed E-state index contributed by atoms with van der Waals surface area (Å²) >= 11 is 4.87. The maximum absolute atomic E-state index is 13.0. The molecular formula is C10H17FN2S. The molecule has 0 saturated heterocycles. The summed E-state index contributed by atoms with van der Waals surface area (Å²) in [5, 5.41) is 0. The molecule has 0 saturated carbocycles. The third kappa shape index (κ3) is 2.01. The lowest BCUT2D eigenvalue weighted by molar-refractivity contribution is 0.620. The first-order valence-corrected chi connectivity index (χ1v) is 4.96. The standard InChI is InChI=1S/C8H7FN2S.C2H6.2H2/c1-4-2-6-7(3-5(4)9)11-8(12)10-6;1-2;;/h2-3H,1H3,(H2,10,11,12);1-2H3;2*1H. The van der Waals surface area contributed by atoms with Gasteiger partial charge in [0.25, 0.3) is 0 Å². The molecule has 80 valence electrons. The molecule has 1 heterocycles. The molecule has 0 fully saturated rings. The lowest BCUT2D eigenvalue weighted by Gasteiger charge is -1.94. The molecule has 2 aromatic rings. The van der Waals surface area contributed by atoms with Crippen LogP contribution in [0.2, 0.25) is 0 Å². The monoisotopic (exact) mass is 216 g/mol. The highest BCUT2D eigenvalue weighted by Gasteiger charge is 2.01. The molecule has 4 heteroatoms. The minimum Gasteiger partial charge on any atom is -0.331 e. The van der Waals surface area contributed by atoms with Gasteiger partial charge in [0.2, 0.25) is 0 Å². The highest BCUT2D eigenvalue weighted by atomic mass is 32.1. The number of hydrogen-bond acceptors (Lipinski definition) is 1. The van der Waals surface area contributed by atoms with Crippen LogP contribution in [-0.2, 0) is 0 Å². The normalized spacial score (nSPS) is 9.71. The molecular weight excluding hydrogens is 199 g/mol. The van der Waals surface area contributed by atoms with Crippen molar-refractivity contribution in [3.63, 3.8) is 0 Å². The summed E-state index contributed by atoms with van der Waals surface area (Å²) in [5.41, 5.74) is 2.18. The van der Waals surface area contributed by atoms with Crippen LogP contribution in [0, 0.1) is 17.5 Å². The van der Waals surface area contributed by atoms with Gasteiger partial charge in [-0.05, 0) is 36.8 Å². The fourth-order valence-corrected chi connectivity index (χ4v) is 1.38. The topological polar surface area (TPSA) is 31.6 Å². The number of nitrogens with one attached hydrogen (secondary N) is 2. The van der Waals surface area contributed by atoms with Crippen molar-refractivity contribution < 1.29 is 7.24 Å². The van der Waals surface area contributed by atoms with E-state index in [4.69, 9.17) is 12.2 Å². The number of rotatable bonds is 0. The molecule has 2 nitrogen and oxygen atoms in total. The Balaban J connectivity index is 0. The summed E-state index contributed by atoms with van der Waals surface area (Å²) in [7, 11) is 0. The van der Waals surface area contributed by atoms with Gasteiger partial charge in [-0.15, -0.1) is 0 Å². The second kappa shape index (κ2) is 4.37. The molecule has 0 spiro atoms. The van der Waals surface area contributed by atoms with E-state index in [1.165, 1.54) is 6.07 Å². The van der Waals surface area contributed by atoms with E-state index < -0.39 is 0 Å². The number of aromatic amines is 2. The van der Waals surface area contributed by atoms with Crippen molar-refractivity contribution in [2.75, 3.05) is 0 Å². The van der Waals surface area contributed by atoms with Crippen LogP contribution in [-0.4, -0.2) is 9.97 Å². The first-order valence-electron chi connectivity index (χ1n) is 4.55. The molecule has 0 aliphatic rings. The second-order valence-corrected chi connectivity index (χ2v) is 3.13. The zero-order valence-electron chi connectivity index (χ0n) is 8.44. The number of fused-ring (bicyclic) bond motifs is 1. The summed E-state index contributed by atoms with van der Waals surface area (Å²) in [6, 6.07) is 3.17. The number of halogens is 1. The van der Waals surface area contributed by atoms with E-state index in [1.54, 1.807) is 13.0 Å². The van der Waals surface area contributed by atoms with Crippen molar-refractivity contribution in [2.24, 2.45) is 0 Å². The Morgan fingerprint density at radius 1 is 1.21 bits per heavy atom. The highest BCUT2D eigenvalue weighted by molar-refractivity contribution is 7.71. The number of benzene rings is 1. The van der Waals surface area contributed by atoms with Gasteiger partial charge in [0.15, 0.2) is 4.77 Å². The molecule has 1 aromatic carbocycles. The van der Waals surface area contributed by atoms with Crippen molar-refractivity contribution in [1.29, 1.82) is 0 Å². The molecule has 0 aliphatic heterocycles. The van der Waals surface area contributed by atoms with Crippen LogP contribution in [0.1, 0.15) is 22.3 Å². The zero-order valence-corrected chi connectivity index (χ0v) is 9.26. The molecule has 0 amide bonds. The summed E-state index contributed by atoms with van der Waals surface area (Å²) in [6.45, 7) is 5.72. The summed E-state index contributed by atoms with van der Waals surface area (Å²) < 4.78 is 13.5. The summed E-state index contributed by atoms with van der Waals surface area (Å²) in [5.74, 6) is -0.215. The predicted octanol–water partition coefficient (Wildman–Crippen LogP) is 4.19. The Labute approximate surface area is 90.1 Å². The Bertz CT molecular complexity index is 451. The molecule has 0 unspecified atom stereocenters. The maximum Gasteiger partial charge on any atom is 0.175 e. The van der Waals surface area contributed by atoms with E-state index in [-0.39, 0.29) is 8.67 Å². The van der Waals surface area contributed by atoms with Gasteiger partial charge in [0, 0.05) is 2.85 Å². The van der Waals surface area contributed by atoms with E-state index in [0.29, 0.717) is 15.9 Å². The van der Waals surface area contributed by atoms with Gasteiger partial charge in [-0.2, -0.15) is 0 Å². The predicted molar refractivity (Wildman–Crippen MR) is 63.8 cm³/mol. The maximum atomic E-state index is 13.0. The SMILES string of the molecule is CC.Cc1cc2[nH]c(=S)[nH]c2cc1F.[HH].[HH]. The van der Waals surface area contributed by atoms with Crippen molar-refractivity contribution in [3.8, 4) is 0 Å². The molecule has 0 bridgehead atoms. The number of H-pyrrole nitrogens is 2. The zero-order chi connectivity index (χ0) is 10.7. The van der Waals surface area contributed by atoms with Crippen LogP contribution in [0.4, 0.5) is 4.39 Å². The van der Waals surface area contributed by atoms with Crippen molar-refractivity contribution in [3.05, 3.63) is 28.3 Å². The lowest BCUT2D eigenvalue weighted by Crippen LogP contribution is -1.81. The number of aromatic nitrogens is 2. The third-order valence-electron chi connectivity index (χ3n) is 1.80. The molecule has 14 heavy (non-hydrogen) atoms. The molecule has 1 aromatic heterocycles. The minimum absolute atomic E-state index is 0. The highest BCUT2D eigenvalue weighted by Crippen LogP contribution is 2.15. The fraction of sp³-hybridized carbons (Fsp3) is 0.300. The molecule has 0 radical (unpaired) electrons. The smallest absolute Gasteiger partial charge is 0.175 e. The van der Waals surface area contributed by atoms with E-state index in [2.05, 4.69) is 9.97 Å². The van der Waals surface area contributed by atoms with E-state index in [0.717, 1.165) is 5.52 Å². The molecule has 2 rings (SSSR count). The van der Waals surface area contributed by atoms with Crippen LogP contribution in [0.25, 0.3) is 11.0 Å². The van der Waals surface area contributed by atoms with E-state index >= 15 is 0 Å². The average Bonchev–Trinajstić information content (AvgIpc) is 2.49. The van der Waals surface area contributed by atoms with Crippen LogP contribution in [0.15, 0.2) is 12.1 Å². The van der Waals surface area contributed by atoms with Gasteiger partial charge in [0.1, 0.15) is 5.82 Å². The molecule has 0 atom stereocenters. The third-order valence-corrected chi connectivity index (χ3v) is 2.00. The lowest BCUT2D eigenvalue weighted by atomic mass is 10.2. The van der Waals surface area contributed by atoms with Crippen LogP contribution >= 0.6 is 12.2 Å². The first kappa shape index (κ1) is 10.9. The van der Waals surface area contributed by atoms with Crippen molar-refractivity contribution in [2.45, 2.75) is 20.8 Å². The van der Waals surface area contributed by atoms with Gasteiger partial charge in [-0.3, -0.25) is 0 Å². The fourth-order valence-electron chi connectivity index (χ4n) is 1.16. The van der Waals surface area contributed by atoms with Crippen LogP contribution < -0.4 is 0 Å². The van der Waals surface area contributed by atoms with Crippen LogP contribution in [0.3, 0.4) is 0 Å². The van der Waals surface area contributed by atoms with Gasteiger partial charge in [-0.25, -0.2) is 4.39 Å². The van der Waals surface area contributed by atoms with Gasteiger partial charge < -0.3 is 9.97 Å². The second-order valence-electron chi connectivity index (χ2n) is 2.73. The summed E-state index contributed by atoms with van der Waals surface area (Å²) in [4.78, 5) is 5.76. The number of hydrogen-bond donors (Lipinski definition) is 2. The van der Waals surface area contributed by atoms with Gasteiger partial charge in [-0.1, -0.05) is 13.8 Å². The van der Waals surface area contributed by atoms with E-state index in [9.17, 15) is 4.39 Å².